The number of benzene rings is 2. The number of carbonyl (C=O) groups excluding carboxylic acids is 1. The van der Waals surface area contributed by atoms with E-state index in [1.54, 1.807) is 28.8 Å². The lowest BCUT2D eigenvalue weighted by Gasteiger charge is -2.27. The zero-order valence-corrected chi connectivity index (χ0v) is 16.4. The summed E-state index contributed by atoms with van der Waals surface area (Å²) in [5, 5.41) is 0.651. The summed E-state index contributed by atoms with van der Waals surface area (Å²) in [6.45, 7) is 0.403. The van der Waals surface area contributed by atoms with Crippen molar-refractivity contribution in [3.8, 4) is 0 Å². The summed E-state index contributed by atoms with van der Waals surface area (Å²) in [4.78, 5) is 19.7. The summed E-state index contributed by atoms with van der Waals surface area (Å²) in [5.41, 5.74) is 1.79. The van der Waals surface area contributed by atoms with Crippen molar-refractivity contribution in [2.24, 2.45) is 0 Å². The molecular formula is C19H17FN2OS3. The van der Waals surface area contributed by atoms with E-state index in [-0.39, 0.29) is 17.0 Å². The van der Waals surface area contributed by atoms with E-state index in [1.807, 2.05) is 36.0 Å². The fourth-order valence-corrected chi connectivity index (χ4v) is 6.37. The highest BCUT2D eigenvalue weighted by Crippen LogP contribution is 2.33. The summed E-state index contributed by atoms with van der Waals surface area (Å²) < 4.78 is 14.3. The summed E-state index contributed by atoms with van der Waals surface area (Å²) in [6.07, 6.45) is 0. The number of hydrogen-bond acceptors (Lipinski definition) is 5. The zero-order chi connectivity index (χ0) is 17.9. The number of aromatic nitrogens is 1. The highest BCUT2D eigenvalue weighted by molar-refractivity contribution is 8.07. The minimum Gasteiger partial charge on any atom is -0.283 e. The van der Waals surface area contributed by atoms with Gasteiger partial charge >= 0.3 is 0 Å². The largest absolute Gasteiger partial charge is 0.283 e. The van der Waals surface area contributed by atoms with Crippen molar-refractivity contribution in [3.05, 3.63) is 59.9 Å². The maximum atomic E-state index is 13.2. The molecule has 0 radical (unpaired) electrons. The Morgan fingerprint density at radius 3 is 2.69 bits per heavy atom. The molecule has 0 saturated carbocycles. The molecule has 2 aromatic carbocycles. The van der Waals surface area contributed by atoms with Gasteiger partial charge in [0, 0.05) is 17.3 Å². The molecule has 3 nitrogen and oxygen atoms in total. The number of fused-ring (bicyclic) bond motifs is 1. The van der Waals surface area contributed by atoms with E-state index in [0.29, 0.717) is 11.7 Å². The van der Waals surface area contributed by atoms with Gasteiger partial charge in [-0.15, -0.1) is 11.8 Å². The predicted molar refractivity (Wildman–Crippen MR) is 111 cm³/mol. The number of anilines is 1. The lowest BCUT2D eigenvalue weighted by molar-refractivity contribution is -0.117. The smallest absolute Gasteiger partial charge is 0.243 e. The Kier molecular flexibility index (Phi) is 5.47. The SMILES string of the molecule is O=C(C1CSCCS1)N(Cc1ccc(F)cc1)c1nc2ccccc2s1. The van der Waals surface area contributed by atoms with Crippen LogP contribution in [0.4, 0.5) is 9.52 Å². The van der Waals surface area contributed by atoms with Crippen molar-refractivity contribution < 1.29 is 9.18 Å². The van der Waals surface area contributed by atoms with Gasteiger partial charge in [0.2, 0.25) is 5.91 Å². The first-order valence-electron chi connectivity index (χ1n) is 8.31. The summed E-state index contributed by atoms with van der Waals surface area (Å²) in [5.74, 6) is 2.73. The molecule has 0 N–H and O–H groups in total. The number of halogens is 1. The fraction of sp³-hybridized carbons (Fsp3) is 0.263. The third-order valence-corrected chi connectivity index (χ3v) is 7.93. The number of thioether (sulfide) groups is 2. The molecule has 134 valence electrons. The van der Waals surface area contributed by atoms with Gasteiger partial charge in [0.05, 0.1) is 22.0 Å². The van der Waals surface area contributed by atoms with Gasteiger partial charge < -0.3 is 0 Å². The van der Waals surface area contributed by atoms with E-state index >= 15 is 0 Å². The molecule has 0 spiro atoms. The first-order valence-corrected chi connectivity index (χ1v) is 11.3. The average molecular weight is 405 g/mol. The van der Waals surface area contributed by atoms with E-state index in [4.69, 9.17) is 0 Å². The Hall–Kier alpha value is -1.57. The summed E-state index contributed by atoms with van der Waals surface area (Å²) >= 11 is 5.07. The second-order valence-corrected chi connectivity index (χ2v) is 9.42. The maximum absolute atomic E-state index is 13.2. The fourth-order valence-electron chi connectivity index (χ4n) is 2.79. The Morgan fingerprint density at radius 2 is 1.96 bits per heavy atom. The molecule has 1 aliphatic heterocycles. The van der Waals surface area contributed by atoms with Gasteiger partial charge in [-0.05, 0) is 29.8 Å². The third kappa shape index (κ3) is 3.89. The van der Waals surface area contributed by atoms with Crippen LogP contribution in [-0.2, 0) is 11.3 Å². The van der Waals surface area contributed by atoms with Gasteiger partial charge in [-0.2, -0.15) is 11.8 Å². The van der Waals surface area contributed by atoms with Gasteiger partial charge in [0.25, 0.3) is 0 Å². The van der Waals surface area contributed by atoms with Crippen molar-refractivity contribution in [3.63, 3.8) is 0 Å². The Bertz CT molecular complexity index is 874. The molecule has 1 saturated heterocycles. The molecule has 4 rings (SSSR count). The second kappa shape index (κ2) is 7.98. The molecule has 2 heterocycles. The van der Waals surface area contributed by atoms with Crippen molar-refractivity contribution in [2.45, 2.75) is 11.8 Å². The maximum Gasteiger partial charge on any atom is 0.243 e. The van der Waals surface area contributed by atoms with Crippen LogP contribution in [0.5, 0.6) is 0 Å². The first kappa shape index (κ1) is 17.8. The minimum absolute atomic E-state index is 0.0544. The Morgan fingerprint density at radius 1 is 1.15 bits per heavy atom. The van der Waals surface area contributed by atoms with Gasteiger partial charge in [-0.25, -0.2) is 9.37 Å². The second-order valence-electron chi connectivity index (χ2n) is 5.95. The molecule has 0 bridgehead atoms. The molecule has 1 unspecified atom stereocenters. The van der Waals surface area contributed by atoms with Crippen LogP contribution < -0.4 is 4.90 Å². The van der Waals surface area contributed by atoms with Gasteiger partial charge in [0.1, 0.15) is 5.82 Å². The molecule has 0 aliphatic carbocycles. The van der Waals surface area contributed by atoms with Crippen molar-refractivity contribution in [2.75, 3.05) is 22.2 Å². The van der Waals surface area contributed by atoms with Crippen LogP contribution >= 0.6 is 34.9 Å². The Balaban J connectivity index is 1.67. The van der Waals surface area contributed by atoms with Gasteiger partial charge in [0.15, 0.2) is 5.13 Å². The minimum atomic E-state index is -0.272. The van der Waals surface area contributed by atoms with E-state index < -0.39 is 0 Å². The third-order valence-electron chi connectivity index (χ3n) is 4.12. The topological polar surface area (TPSA) is 33.2 Å². The number of carbonyl (C=O) groups is 1. The van der Waals surface area contributed by atoms with E-state index in [9.17, 15) is 9.18 Å². The summed E-state index contributed by atoms with van der Waals surface area (Å²) in [6, 6.07) is 14.2. The molecule has 7 heteroatoms. The van der Waals surface area contributed by atoms with Crippen LogP contribution in [0.3, 0.4) is 0 Å². The lowest BCUT2D eigenvalue weighted by atomic mass is 10.2. The molecule has 1 fully saturated rings. The standard InChI is InChI=1S/C19H17FN2OS3/c20-14-7-5-13(6-8-14)11-22(18(23)17-12-24-9-10-25-17)19-21-15-3-1-2-4-16(15)26-19/h1-8,17H,9-12H2. The van der Waals surface area contributed by atoms with Crippen molar-refractivity contribution in [1.82, 2.24) is 4.98 Å². The monoisotopic (exact) mass is 404 g/mol. The van der Waals surface area contributed by atoms with Crippen LogP contribution in [-0.4, -0.2) is 33.4 Å². The number of thiazole rings is 1. The highest BCUT2D eigenvalue weighted by atomic mass is 32.2. The normalized spacial score (nSPS) is 17.3. The van der Waals surface area contributed by atoms with Gasteiger partial charge in [-0.3, -0.25) is 9.69 Å². The van der Waals surface area contributed by atoms with Crippen LogP contribution in [0.15, 0.2) is 48.5 Å². The van der Waals surface area contributed by atoms with E-state index in [2.05, 4.69) is 4.98 Å². The number of hydrogen-bond donors (Lipinski definition) is 0. The van der Waals surface area contributed by atoms with Crippen LogP contribution in [0.25, 0.3) is 10.2 Å². The lowest BCUT2D eigenvalue weighted by Crippen LogP contribution is -2.40. The molecule has 26 heavy (non-hydrogen) atoms. The van der Waals surface area contributed by atoms with Gasteiger partial charge in [-0.1, -0.05) is 35.6 Å². The number of nitrogens with zero attached hydrogens (tertiary/aromatic N) is 2. The number of amides is 1. The molecule has 1 atom stereocenters. The van der Waals surface area contributed by atoms with Crippen LogP contribution in [0.2, 0.25) is 0 Å². The number of para-hydroxylation sites is 1. The van der Waals surface area contributed by atoms with E-state index in [1.165, 1.54) is 23.5 Å². The van der Waals surface area contributed by atoms with E-state index in [0.717, 1.165) is 33.0 Å². The zero-order valence-electron chi connectivity index (χ0n) is 13.9. The molecule has 1 amide bonds. The summed E-state index contributed by atoms with van der Waals surface area (Å²) in [7, 11) is 0. The average Bonchev–Trinajstić information content (AvgIpc) is 3.11. The van der Waals surface area contributed by atoms with Crippen LogP contribution in [0, 0.1) is 5.82 Å². The predicted octanol–water partition coefficient (Wildman–Crippen LogP) is 4.82. The van der Waals surface area contributed by atoms with Crippen molar-refractivity contribution >= 4 is 56.1 Å². The highest BCUT2D eigenvalue weighted by Gasteiger charge is 2.29. The molecule has 3 aromatic rings. The van der Waals surface area contributed by atoms with Crippen LogP contribution in [0.1, 0.15) is 5.56 Å². The van der Waals surface area contributed by atoms with Crippen molar-refractivity contribution in [1.29, 1.82) is 0 Å². The quantitative estimate of drug-likeness (QED) is 0.624. The molecule has 1 aromatic heterocycles. The molecular weight excluding hydrogens is 387 g/mol. The first-order chi connectivity index (χ1) is 12.7. The Labute approximate surface area is 164 Å². The molecule has 1 aliphatic rings. The number of rotatable bonds is 4.